The van der Waals surface area contributed by atoms with Crippen LogP contribution < -0.4 is 5.56 Å². The maximum atomic E-state index is 11.5. The van der Waals surface area contributed by atoms with E-state index in [-0.39, 0.29) is 17.7 Å². The number of aromatic amines is 1. The van der Waals surface area contributed by atoms with Gasteiger partial charge in [0.05, 0.1) is 25.4 Å². The lowest BCUT2D eigenvalue weighted by Crippen LogP contribution is -2.24. The second-order valence-corrected chi connectivity index (χ2v) is 4.17. The molecule has 1 fully saturated rings. The van der Waals surface area contributed by atoms with Gasteiger partial charge in [0.25, 0.3) is 5.56 Å². The summed E-state index contributed by atoms with van der Waals surface area (Å²) in [5, 5.41) is 18.7. The van der Waals surface area contributed by atoms with E-state index in [1.54, 1.807) is 4.57 Å². The zero-order chi connectivity index (χ0) is 12.7. The Morgan fingerprint density at radius 1 is 1.56 bits per heavy atom. The van der Waals surface area contributed by atoms with Crippen LogP contribution in [0.2, 0.25) is 0 Å². The molecule has 3 atom stereocenters. The van der Waals surface area contributed by atoms with Crippen LogP contribution in [-0.2, 0) is 4.74 Å². The molecule has 3 heterocycles. The highest BCUT2D eigenvalue weighted by Gasteiger charge is 2.35. The maximum Gasteiger partial charge on any atom is 0.278 e. The van der Waals surface area contributed by atoms with Crippen molar-refractivity contribution in [1.29, 1.82) is 0 Å². The molecule has 2 aromatic rings. The Balaban J connectivity index is 2.01. The van der Waals surface area contributed by atoms with Gasteiger partial charge in [0.1, 0.15) is 12.3 Å². The van der Waals surface area contributed by atoms with Crippen molar-refractivity contribution >= 4 is 11.2 Å². The number of fused-ring (bicyclic) bond motifs is 1. The van der Waals surface area contributed by atoms with E-state index in [9.17, 15) is 9.90 Å². The van der Waals surface area contributed by atoms with Gasteiger partial charge in [-0.25, -0.2) is 9.97 Å². The summed E-state index contributed by atoms with van der Waals surface area (Å²) in [5.41, 5.74) is 0.300. The number of rotatable bonds is 2. The lowest BCUT2D eigenvalue weighted by molar-refractivity contribution is -0.0432. The fourth-order valence-corrected chi connectivity index (χ4v) is 2.12. The van der Waals surface area contributed by atoms with Gasteiger partial charge in [0.15, 0.2) is 11.2 Å². The molecule has 18 heavy (non-hydrogen) atoms. The molecule has 1 saturated heterocycles. The van der Waals surface area contributed by atoms with Crippen LogP contribution in [0.15, 0.2) is 17.4 Å². The lowest BCUT2D eigenvalue weighted by atomic mass is 10.2. The first-order valence-corrected chi connectivity index (χ1v) is 5.55. The van der Waals surface area contributed by atoms with E-state index in [1.165, 1.54) is 12.7 Å². The summed E-state index contributed by atoms with van der Waals surface area (Å²) in [6, 6.07) is 0. The second kappa shape index (κ2) is 4.16. The molecule has 0 aliphatic carbocycles. The van der Waals surface area contributed by atoms with Gasteiger partial charge in [-0.05, 0) is 0 Å². The Bertz CT molecular complexity index is 622. The standard InChI is InChI=1S/C10H12N4O4/c15-2-6-5(16)1-7(18-6)14-4-13-8-9(14)11-3-12-10(8)17/h3-7,15-16H,1-2H2,(H,11,12,17)/t5-,6+,7-/m0/s1. The van der Waals surface area contributed by atoms with Crippen molar-refractivity contribution in [2.75, 3.05) is 6.61 Å². The van der Waals surface area contributed by atoms with Crippen LogP contribution in [0.3, 0.4) is 0 Å². The molecule has 96 valence electrons. The van der Waals surface area contributed by atoms with Gasteiger partial charge in [-0.15, -0.1) is 0 Å². The molecule has 0 unspecified atom stereocenters. The van der Waals surface area contributed by atoms with E-state index in [0.717, 1.165) is 0 Å². The summed E-state index contributed by atoms with van der Waals surface area (Å²) in [6.07, 6.45) is 1.23. The van der Waals surface area contributed by atoms with Crippen molar-refractivity contribution in [2.45, 2.75) is 24.9 Å². The molecule has 3 rings (SSSR count). The molecule has 1 aliphatic rings. The molecular formula is C10H12N4O4. The van der Waals surface area contributed by atoms with Crippen LogP contribution in [0.4, 0.5) is 0 Å². The van der Waals surface area contributed by atoms with Crippen LogP contribution in [-0.4, -0.2) is 48.5 Å². The molecule has 8 heteroatoms. The van der Waals surface area contributed by atoms with Gasteiger partial charge in [0, 0.05) is 6.42 Å². The zero-order valence-electron chi connectivity index (χ0n) is 9.35. The normalized spacial score (nSPS) is 28.0. The van der Waals surface area contributed by atoms with Crippen LogP contribution in [0, 0.1) is 0 Å². The maximum absolute atomic E-state index is 11.5. The molecular weight excluding hydrogens is 240 g/mol. The zero-order valence-corrected chi connectivity index (χ0v) is 9.35. The van der Waals surface area contributed by atoms with E-state index >= 15 is 0 Å². The van der Waals surface area contributed by atoms with Gasteiger partial charge in [-0.1, -0.05) is 0 Å². The van der Waals surface area contributed by atoms with Crippen molar-refractivity contribution in [3.63, 3.8) is 0 Å². The first-order chi connectivity index (χ1) is 8.70. The molecule has 3 N–H and O–H groups in total. The van der Waals surface area contributed by atoms with Crippen LogP contribution in [0.5, 0.6) is 0 Å². The van der Waals surface area contributed by atoms with Crippen molar-refractivity contribution in [2.24, 2.45) is 0 Å². The second-order valence-electron chi connectivity index (χ2n) is 4.17. The molecule has 8 nitrogen and oxygen atoms in total. The molecule has 1 aliphatic heterocycles. The molecule has 0 spiro atoms. The SMILES string of the molecule is O=c1[nH]cnc2c1ncn2[C@@H]1C[C@H](O)[C@@H](CO)O1. The molecule has 0 amide bonds. The van der Waals surface area contributed by atoms with Gasteiger partial charge in [-0.2, -0.15) is 0 Å². The largest absolute Gasteiger partial charge is 0.394 e. The van der Waals surface area contributed by atoms with Crippen molar-refractivity contribution < 1.29 is 14.9 Å². The third-order valence-corrected chi connectivity index (χ3v) is 3.06. The third-order valence-electron chi connectivity index (χ3n) is 3.06. The Hall–Kier alpha value is -1.77. The number of H-pyrrole nitrogens is 1. The van der Waals surface area contributed by atoms with Crippen LogP contribution in [0.1, 0.15) is 12.6 Å². The predicted molar refractivity (Wildman–Crippen MR) is 59.8 cm³/mol. The highest BCUT2D eigenvalue weighted by molar-refractivity contribution is 5.68. The minimum atomic E-state index is -0.737. The quantitative estimate of drug-likeness (QED) is 0.616. The number of hydrogen-bond acceptors (Lipinski definition) is 6. The first-order valence-electron chi connectivity index (χ1n) is 5.55. The van der Waals surface area contributed by atoms with E-state index < -0.39 is 18.4 Å². The van der Waals surface area contributed by atoms with Crippen LogP contribution >= 0.6 is 0 Å². The van der Waals surface area contributed by atoms with Gasteiger partial charge in [-0.3, -0.25) is 9.36 Å². The minimum absolute atomic E-state index is 0.225. The van der Waals surface area contributed by atoms with E-state index in [2.05, 4.69) is 15.0 Å². The topological polar surface area (TPSA) is 113 Å². The summed E-state index contributed by atoms with van der Waals surface area (Å²) < 4.78 is 7.07. The summed E-state index contributed by atoms with van der Waals surface area (Å²) in [7, 11) is 0. The predicted octanol–water partition coefficient (Wildman–Crippen LogP) is -1.24. The van der Waals surface area contributed by atoms with Crippen molar-refractivity contribution in [1.82, 2.24) is 19.5 Å². The minimum Gasteiger partial charge on any atom is -0.394 e. The highest BCUT2D eigenvalue weighted by Crippen LogP contribution is 2.29. The number of ether oxygens (including phenoxy) is 1. The summed E-state index contributed by atoms with van der Waals surface area (Å²) in [4.78, 5) is 21.9. The van der Waals surface area contributed by atoms with E-state index in [4.69, 9.17) is 9.84 Å². The molecule has 0 radical (unpaired) electrons. The first kappa shape index (κ1) is 11.3. The van der Waals surface area contributed by atoms with Gasteiger partial charge < -0.3 is 19.9 Å². The molecule has 0 saturated carbocycles. The van der Waals surface area contributed by atoms with Gasteiger partial charge >= 0.3 is 0 Å². The average Bonchev–Trinajstić information content (AvgIpc) is 2.93. The Labute approximate surface area is 101 Å². The van der Waals surface area contributed by atoms with E-state index in [0.29, 0.717) is 12.1 Å². The fourth-order valence-electron chi connectivity index (χ4n) is 2.12. The third kappa shape index (κ3) is 1.62. The molecule has 0 bridgehead atoms. The summed E-state index contributed by atoms with van der Waals surface area (Å²) >= 11 is 0. The number of nitrogens with zero attached hydrogens (tertiary/aromatic N) is 3. The van der Waals surface area contributed by atoms with Gasteiger partial charge in [0.2, 0.25) is 0 Å². The van der Waals surface area contributed by atoms with Crippen molar-refractivity contribution in [3.05, 3.63) is 23.0 Å². The molecule has 2 aromatic heterocycles. The lowest BCUT2D eigenvalue weighted by Gasteiger charge is -2.13. The molecule has 0 aromatic carbocycles. The number of imidazole rings is 1. The Morgan fingerprint density at radius 2 is 2.39 bits per heavy atom. The number of hydrogen-bond donors (Lipinski definition) is 3. The Kier molecular flexibility index (Phi) is 2.62. The number of nitrogens with one attached hydrogen (secondary N) is 1. The van der Waals surface area contributed by atoms with Crippen molar-refractivity contribution in [3.8, 4) is 0 Å². The highest BCUT2D eigenvalue weighted by atomic mass is 16.5. The fraction of sp³-hybridized carbons (Fsp3) is 0.500. The number of aromatic nitrogens is 4. The van der Waals surface area contributed by atoms with E-state index in [1.807, 2.05) is 0 Å². The van der Waals surface area contributed by atoms with Crippen LogP contribution in [0.25, 0.3) is 11.2 Å². The Morgan fingerprint density at radius 3 is 3.11 bits per heavy atom. The number of aliphatic hydroxyl groups excluding tert-OH is 2. The monoisotopic (exact) mass is 252 g/mol. The average molecular weight is 252 g/mol. The summed E-state index contributed by atoms with van der Waals surface area (Å²) in [5.74, 6) is 0. The number of aliphatic hydroxyl groups is 2. The summed E-state index contributed by atoms with van der Waals surface area (Å²) in [6.45, 7) is -0.252. The smallest absolute Gasteiger partial charge is 0.278 e.